The number of nitro groups is 1. The number of nitrogen functional groups attached to an aromatic ring is 1. The molecule has 0 spiro atoms. The minimum atomic E-state index is -1.05. The predicted molar refractivity (Wildman–Crippen MR) is 144 cm³/mol. The summed E-state index contributed by atoms with van der Waals surface area (Å²) in [5.74, 6) is 0.634. The van der Waals surface area contributed by atoms with E-state index in [0.717, 1.165) is 11.1 Å². The van der Waals surface area contributed by atoms with Crippen molar-refractivity contribution in [2.24, 2.45) is 0 Å². The monoisotopic (exact) mass is 551 g/mol. The van der Waals surface area contributed by atoms with Crippen LogP contribution in [0.3, 0.4) is 0 Å². The van der Waals surface area contributed by atoms with Crippen molar-refractivity contribution < 1.29 is 29.0 Å². The third-order valence-corrected chi connectivity index (χ3v) is 5.92. The summed E-state index contributed by atoms with van der Waals surface area (Å²) in [6.07, 6.45) is 1.03. The molecule has 14 heteroatoms. The Kier molecular flexibility index (Phi) is 8.91. The molecule has 0 bridgehead atoms. The van der Waals surface area contributed by atoms with Crippen LogP contribution in [0, 0.1) is 10.1 Å². The lowest BCUT2D eigenvalue weighted by atomic mass is 10.1. The van der Waals surface area contributed by atoms with Gasteiger partial charge in [-0.25, -0.2) is 4.98 Å². The van der Waals surface area contributed by atoms with Crippen molar-refractivity contribution in [3.8, 4) is 17.4 Å². The summed E-state index contributed by atoms with van der Waals surface area (Å²) in [5, 5.41) is 24.0. The molecule has 0 radical (unpaired) electrons. The van der Waals surface area contributed by atoms with Gasteiger partial charge < -0.3 is 35.4 Å². The largest absolute Gasteiger partial charge is 0.493 e. The van der Waals surface area contributed by atoms with Gasteiger partial charge >= 0.3 is 0 Å². The van der Waals surface area contributed by atoms with Crippen molar-refractivity contribution in [3.63, 3.8) is 0 Å². The number of ether oxygens (including phenoxy) is 3. The number of H-pyrrole nitrogens is 1. The molecule has 2 heterocycles. The molecule has 210 valence electrons. The van der Waals surface area contributed by atoms with Crippen LogP contribution in [-0.4, -0.2) is 49.6 Å². The lowest BCUT2D eigenvalue weighted by Crippen LogP contribution is -2.23. The first-order chi connectivity index (χ1) is 19.2. The maximum Gasteiger partial charge on any atom is 0.279 e. The molecule has 4 aromatic rings. The fourth-order valence-corrected chi connectivity index (χ4v) is 3.87. The van der Waals surface area contributed by atoms with Crippen LogP contribution in [0.1, 0.15) is 42.6 Å². The minimum Gasteiger partial charge on any atom is -0.493 e. The molecule has 2 aromatic carbocycles. The van der Waals surface area contributed by atoms with Gasteiger partial charge in [0.05, 0.1) is 42.7 Å². The van der Waals surface area contributed by atoms with Crippen molar-refractivity contribution in [3.05, 3.63) is 69.5 Å². The maximum absolute atomic E-state index is 12.3. The number of anilines is 1. The number of nitro benzene ring substituents is 1. The minimum absolute atomic E-state index is 0.0828. The average Bonchev–Trinajstić information content (AvgIpc) is 3.41. The smallest absolute Gasteiger partial charge is 0.279 e. The number of aromatic amines is 1. The third kappa shape index (κ3) is 6.91. The Hall–Kier alpha value is -4.98. The third-order valence-electron chi connectivity index (χ3n) is 5.92. The highest BCUT2D eigenvalue weighted by molar-refractivity contribution is 5.76. The van der Waals surface area contributed by atoms with Crippen LogP contribution in [0.4, 0.5) is 11.6 Å². The average molecular weight is 552 g/mol. The Morgan fingerprint density at radius 2 is 1.93 bits per heavy atom. The van der Waals surface area contributed by atoms with Gasteiger partial charge in [0, 0.05) is 13.0 Å². The summed E-state index contributed by atoms with van der Waals surface area (Å²) in [7, 11) is 1.40. The number of nitrogens with two attached hydrogens (primary N) is 1. The zero-order valence-electron chi connectivity index (χ0n) is 21.9. The van der Waals surface area contributed by atoms with Crippen LogP contribution in [0.25, 0.3) is 11.2 Å². The van der Waals surface area contributed by atoms with E-state index in [4.69, 9.17) is 19.9 Å². The first kappa shape index (κ1) is 28.0. The highest BCUT2D eigenvalue weighted by atomic mass is 16.6. The molecule has 5 N–H and O–H groups in total. The standard InChI is InChI=1S/C26H29N7O7/c1-15(34)18-10-20(38-2)21(11-19(18)33(36)37)39-9-3-4-22(35)28-12-16-5-7-17(8-6-16)13-40-25-23-24(30-14-29-23)31-26(27)32-25/h5-8,10-11,14-15,34H,3-4,9,12-13H2,1-2H3,(H,28,35)(H3,27,29,30,31,32). The number of nitrogens with one attached hydrogen (secondary N) is 2. The Balaban J connectivity index is 1.22. The molecule has 1 atom stereocenters. The lowest BCUT2D eigenvalue weighted by Gasteiger charge is -2.14. The van der Waals surface area contributed by atoms with Gasteiger partial charge in [-0.2, -0.15) is 9.97 Å². The molecule has 1 amide bonds. The van der Waals surface area contributed by atoms with Gasteiger partial charge in [0.2, 0.25) is 17.7 Å². The van der Waals surface area contributed by atoms with Gasteiger partial charge in [-0.1, -0.05) is 24.3 Å². The molecule has 40 heavy (non-hydrogen) atoms. The zero-order valence-corrected chi connectivity index (χ0v) is 21.9. The Morgan fingerprint density at radius 3 is 2.62 bits per heavy atom. The lowest BCUT2D eigenvalue weighted by molar-refractivity contribution is -0.386. The first-order valence-corrected chi connectivity index (χ1v) is 12.4. The normalized spacial score (nSPS) is 11.7. The van der Waals surface area contributed by atoms with E-state index in [1.807, 2.05) is 24.3 Å². The Morgan fingerprint density at radius 1 is 1.18 bits per heavy atom. The number of imidazole rings is 1. The van der Waals surface area contributed by atoms with Crippen molar-refractivity contribution in [2.45, 2.75) is 39.0 Å². The van der Waals surface area contributed by atoms with Gasteiger partial charge in [-0.3, -0.25) is 14.9 Å². The second kappa shape index (κ2) is 12.7. The van der Waals surface area contributed by atoms with E-state index in [9.17, 15) is 20.0 Å². The van der Waals surface area contributed by atoms with E-state index in [2.05, 4.69) is 25.3 Å². The fourth-order valence-electron chi connectivity index (χ4n) is 3.87. The molecule has 4 rings (SSSR count). The highest BCUT2D eigenvalue weighted by Crippen LogP contribution is 2.37. The maximum atomic E-state index is 12.3. The van der Waals surface area contributed by atoms with Crippen LogP contribution >= 0.6 is 0 Å². The summed E-state index contributed by atoms with van der Waals surface area (Å²) in [6.45, 7) is 2.17. The van der Waals surface area contributed by atoms with Crippen molar-refractivity contribution in [1.29, 1.82) is 0 Å². The molecular weight excluding hydrogens is 522 g/mol. The summed E-state index contributed by atoms with van der Waals surface area (Å²) < 4.78 is 16.6. The molecule has 0 aliphatic rings. The summed E-state index contributed by atoms with van der Waals surface area (Å²) in [5.41, 5.74) is 8.36. The van der Waals surface area contributed by atoms with Crippen molar-refractivity contribution in [1.82, 2.24) is 25.3 Å². The first-order valence-electron chi connectivity index (χ1n) is 12.4. The van der Waals surface area contributed by atoms with Gasteiger partial charge in [-0.15, -0.1) is 0 Å². The number of amides is 1. The number of hydrogen-bond acceptors (Lipinski definition) is 11. The predicted octanol–water partition coefficient (Wildman–Crippen LogP) is 2.96. The Bertz CT molecular complexity index is 1490. The number of aromatic nitrogens is 4. The van der Waals surface area contributed by atoms with Crippen LogP contribution in [0.5, 0.6) is 17.4 Å². The topological polar surface area (TPSA) is 201 Å². The molecule has 0 aliphatic heterocycles. The van der Waals surface area contributed by atoms with Crippen LogP contribution < -0.4 is 25.3 Å². The molecule has 1 unspecified atom stereocenters. The molecule has 0 fully saturated rings. The number of hydrogen-bond donors (Lipinski definition) is 4. The number of fused-ring (bicyclic) bond motifs is 1. The number of aliphatic hydroxyl groups excluding tert-OH is 1. The van der Waals surface area contributed by atoms with Crippen LogP contribution in [0.2, 0.25) is 0 Å². The SMILES string of the molecule is COc1cc(C(C)O)c([N+](=O)[O-])cc1OCCCC(=O)NCc1ccc(COc2nc(N)nc3[nH]cnc23)cc1. The van der Waals surface area contributed by atoms with Crippen LogP contribution in [0.15, 0.2) is 42.7 Å². The number of nitrogens with zero attached hydrogens (tertiary/aromatic N) is 4. The van der Waals surface area contributed by atoms with Crippen LogP contribution in [-0.2, 0) is 17.9 Å². The van der Waals surface area contributed by atoms with Gasteiger partial charge in [-0.05, 0) is 30.5 Å². The second-order valence-electron chi connectivity index (χ2n) is 8.82. The van der Waals surface area contributed by atoms with E-state index in [1.165, 1.54) is 32.5 Å². The number of carbonyl (C=O) groups excluding carboxylic acids is 1. The summed E-state index contributed by atoms with van der Waals surface area (Å²) in [6, 6.07) is 10.1. The zero-order chi connectivity index (χ0) is 28.6. The molecule has 0 saturated heterocycles. The van der Waals surface area contributed by atoms with Gasteiger partial charge in [0.15, 0.2) is 22.7 Å². The van der Waals surface area contributed by atoms with E-state index in [1.54, 1.807) is 0 Å². The van der Waals surface area contributed by atoms with Crippen molar-refractivity contribution in [2.75, 3.05) is 19.5 Å². The molecule has 0 saturated carbocycles. The van der Waals surface area contributed by atoms with E-state index in [-0.39, 0.29) is 60.1 Å². The van der Waals surface area contributed by atoms with E-state index < -0.39 is 11.0 Å². The quantitative estimate of drug-likeness (QED) is 0.108. The summed E-state index contributed by atoms with van der Waals surface area (Å²) in [4.78, 5) is 38.2. The summed E-state index contributed by atoms with van der Waals surface area (Å²) >= 11 is 0. The number of aliphatic hydroxyl groups is 1. The molecule has 2 aromatic heterocycles. The number of rotatable bonds is 13. The number of methoxy groups -OCH3 is 1. The highest BCUT2D eigenvalue weighted by Gasteiger charge is 2.22. The molecular formula is C26H29N7O7. The van der Waals surface area contributed by atoms with Gasteiger partial charge in [0.1, 0.15) is 6.61 Å². The van der Waals surface area contributed by atoms with E-state index in [0.29, 0.717) is 24.1 Å². The molecule has 14 nitrogen and oxygen atoms in total. The molecule has 0 aliphatic carbocycles. The second-order valence-corrected chi connectivity index (χ2v) is 8.82. The number of carbonyl (C=O) groups is 1. The van der Waals surface area contributed by atoms with Gasteiger partial charge in [0.25, 0.3) is 5.69 Å². The van der Waals surface area contributed by atoms with E-state index >= 15 is 0 Å². The number of benzene rings is 2. The fraction of sp³-hybridized carbons (Fsp3) is 0.308. The van der Waals surface area contributed by atoms with Crippen molar-refractivity contribution >= 4 is 28.7 Å². The Labute approximate surface area is 228 Å².